The van der Waals surface area contributed by atoms with Crippen LogP contribution in [-0.2, 0) is 22.8 Å². The van der Waals surface area contributed by atoms with Crippen molar-refractivity contribution in [1.82, 2.24) is 25.0 Å². The van der Waals surface area contributed by atoms with E-state index in [9.17, 15) is 22.8 Å². The summed E-state index contributed by atoms with van der Waals surface area (Å²) in [5, 5.41) is 9.06. The Morgan fingerprint density at radius 2 is 2.17 bits per heavy atom. The summed E-state index contributed by atoms with van der Waals surface area (Å²) in [6, 6.07) is 0. The predicted molar refractivity (Wildman–Crippen MR) is 86.5 cm³/mol. The van der Waals surface area contributed by atoms with Crippen molar-refractivity contribution in [2.75, 3.05) is 24.6 Å². The fraction of sp³-hybridized carbons (Fsp3) is 0.545. The van der Waals surface area contributed by atoms with Crippen molar-refractivity contribution in [1.29, 1.82) is 0 Å². The van der Waals surface area contributed by atoms with Crippen molar-refractivity contribution < 1.29 is 22.8 Å². The molecule has 2 rings (SSSR count). The molecule has 1 aliphatic heterocycles. The number of alkyl halides is 3. The molecule has 1 saturated heterocycles. The molecule has 132 valence electrons. The number of nitrogens with zero attached hydrogens (tertiary/aromatic N) is 4. The third-order valence-electron chi connectivity index (χ3n) is 2.92. The lowest BCUT2D eigenvalue weighted by Crippen LogP contribution is -2.37. The molecule has 1 aromatic rings. The SMILES string of the molecule is Cn1c(SCC(=O)NCCN2C(=O)CSC2=S)nnc1C(F)(F)F. The molecule has 0 saturated carbocycles. The van der Waals surface area contributed by atoms with Crippen molar-refractivity contribution in [3.63, 3.8) is 0 Å². The highest BCUT2D eigenvalue weighted by Crippen LogP contribution is 2.29. The molecular weight excluding hydrogens is 387 g/mol. The zero-order valence-corrected chi connectivity index (χ0v) is 14.7. The van der Waals surface area contributed by atoms with E-state index in [1.807, 2.05) is 0 Å². The number of nitrogens with one attached hydrogen (secondary N) is 1. The third-order valence-corrected chi connectivity index (χ3v) is 5.37. The molecule has 0 unspecified atom stereocenters. The monoisotopic (exact) mass is 399 g/mol. The van der Waals surface area contributed by atoms with Gasteiger partial charge in [0.25, 0.3) is 0 Å². The number of rotatable bonds is 6. The van der Waals surface area contributed by atoms with E-state index in [1.165, 1.54) is 23.7 Å². The van der Waals surface area contributed by atoms with E-state index in [2.05, 4.69) is 15.5 Å². The number of aromatic nitrogens is 3. The summed E-state index contributed by atoms with van der Waals surface area (Å²) in [5.74, 6) is -1.43. The number of carbonyl (C=O) groups is 2. The standard InChI is InChI=1S/C11H12F3N5O2S3/c1-18-8(11(12,13)14)16-17-9(18)23-4-6(20)15-2-3-19-7(21)5-24-10(19)22/h2-5H2,1H3,(H,15,20). The Labute approximate surface area is 148 Å². The van der Waals surface area contributed by atoms with Crippen LogP contribution in [0.3, 0.4) is 0 Å². The smallest absolute Gasteiger partial charge is 0.354 e. The van der Waals surface area contributed by atoms with Crippen LogP contribution >= 0.6 is 35.7 Å². The number of halogens is 3. The Hall–Kier alpha value is -1.34. The lowest BCUT2D eigenvalue weighted by Gasteiger charge is -2.14. The normalized spacial score (nSPS) is 15.2. The second-order valence-corrected chi connectivity index (χ2v) is 7.15. The molecule has 2 heterocycles. The van der Waals surface area contributed by atoms with E-state index >= 15 is 0 Å². The minimum atomic E-state index is -4.60. The quantitative estimate of drug-likeness (QED) is 0.562. The van der Waals surface area contributed by atoms with Gasteiger partial charge in [0.15, 0.2) is 5.16 Å². The van der Waals surface area contributed by atoms with Crippen molar-refractivity contribution in [2.24, 2.45) is 7.05 Å². The van der Waals surface area contributed by atoms with Gasteiger partial charge >= 0.3 is 6.18 Å². The van der Waals surface area contributed by atoms with Crippen LogP contribution in [0.25, 0.3) is 0 Å². The van der Waals surface area contributed by atoms with E-state index in [0.29, 0.717) is 10.1 Å². The minimum absolute atomic E-state index is 0.00947. The number of thioether (sulfide) groups is 2. The Kier molecular flexibility index (Phi) is 6.09. The van der Waals surface area contributed by atoms with Gasteiger partial charge in [0, 0.05) is 20.1 Å². The molecule has 1 aliphatic rings. The zero-order valence-electron chi connectivity index (χ0n) is 12.3. The van der Waals surface area contributed by atoms with Crippen LogP contribution in [0.1, 0.15) is 5.82 Å². The first-order valence-electron chi connectivity index (χ1n) is 6.53. The molecule has 0 aliphatic carbocycles. The maximum absolute atomic E-state index is 12.6. The summed E-state index contributed by atoms with van der Waals surface area (Å²) in [5.41, 5.74) is 0. The van der Waals surface area contributed by atoms with E-state index in [0.717, 1.165) is 16.3 Å². The van der Waals surface area contributed by atoms with Gasteiger partial charge in [0.05, 0.1) is 11.5 Å². The van der Waals surface area contributed by atoms with Crippen molar-refractivity contribution >= 4 is 51.9 Å². The van der Waals surface area contributed by atoms with Crippen molar-refractivity contribution in [3.05, 3.63) is 5.82 Å². The first-order valence-corrected chi connectivity index (χ1v) is 8.91. The first kappa shape index (κ1) is 19.0. The second-order valence-electron chi connectivity index (χ2n) is 4.60. The highest BCUT2D eigenvalue weighted by molar-refractivity contribution is 8.23. The number of carbonyl (C=O) groups excluding carboxylic acids is 2. The summed E-state index contributed by atoms with van der Waals surface area (Å²) >= 11 is 7.11. The van der Waals surface area contributed by atoms with E-state index in [1.54, 1.807) is 0 Å². The lowest BCUT2D eigenvalue weighted by atomic mass is 10.5. The van der Waals surface area contributed by atoms with Gasteiger partial charge in [0.2, 0.25) is 17.6 Å². The Morgan fingerprint density at radius 3 is 2.71 bits per heavy atom. The lowest BCUT2D eigenvalue weighted by molar-refractivity contribution is -0.147. The average Bonchev–Trinajstić information content (AvgIpc) is 3.01. The summed E-state index contributed by atoms with van der Waals surface area (Å²) in [6.45, 7) is 0.474. The van der Waals surface area contributed by atoms with Crippen LogP contribution in [0.5, 0.6) is 0 Å². The van der Waals surface area contributed by atoms with Gasteiger partial charge in [-0.05, 0) is 0 Å². The highest BCUT2D eigenvalue weighted by Gasteiger charge is 2.37. The molecule has 0 radical (unpaired) electrons. The molecule has 0 aromatic carbocycles. The molecule has 13 heteroatoms. The third kappa shape index (κ3) is 4.60. The maximum Gasteiger partial charge on any atom is 0.451 e. The summed E-state index contributed by atoms with van der Waals surface area (Å²) in [7, 11) is 1.18. The number of thiocarbonyl (C=S) groups is 1. The predicted octanol–water partition coefficient (Wildman–Crippen LogP) is 0.903. The first-order chi connectivity index (χ1) is 11.2. The molecule has 0 spiro atoms. The van der Waals surface area contributed by atoms with E-state index in [4.69, 9.17) is 12.2 Å². The van der Waals surface area contributed by atoms with Crippen molar-refractivity contribution in [2.45, 2.75) is 11.3 Å². The van der Waals surface area contributed by atoms with Crippen molar-refractivity contribution in [3.8, 4) is 0 Å². The van der Waals surface area contributed by atoms with Gasteiger partial charge in [-0.2, -0.15) is 13.2 Å². The molecule has 1 N–H and O–H groups in total. The highest BCUT2D eigenvalue weighted by atomic mass is 32.2. The zero-order chi connectivity index (χ0) is 17.9. The molecular formula is C11H12F3N5O2S3. The molecule has 0 bridgehead atoms. The van der Waals surface area contributed by atoms with Crippen LogP contribution in [0.2, 0.25) is 0 Å². The van der Waals surface area contributed by atoms with Crippen LogP contribution in [0, 0.1) is 0 Å². The Morgan fingerprint density at radius 1 is 1.46 bits per heavy atom. The average molecular weight is 399 g/mol. The number of hydrogen-bond acceptors (Lipinski definition) is 7. The summed E-state index contributed by atoms with van der Waals surface area (Å²) in [4.78, 5) is 24.6. The van der Waals surface area contributed by atoms with Crippen LogP contribution in [0.4, 0.5) is 13.2 Å². The molecule has 1 aromatic heterocycles. The topological polar surface area (TPSA) is 80.1 Å². The van der Waals surface area contributed by atoms with Gasteiger partial charge in [0.1, 0.15) is 4.32 Å². The molecule has 0 atom stereocenters. The molecule has 1 fully saturated rings. The number of amides is 2. The Bertz CT molecular complexity index is 648. The maximum atomic E-state index is 12.6. The molecule has 24 heavy (non-hydrogen) atoms. The van der Waals surface area contributed by atoms with E-state index < -0.39 is 12.0 Å². The fourth-order valence-electron chi connectivity index (χ4n) is 1.77. The van der Waals surface area contributed by atoms with Gasteiger partial charge in [-0.15, -0.1) is 10.2 Å². The van der Waals surface area contributed by atoms with Gasteiger partial charge < -0.3 is 9.88 Å². The fourth-order valence-corrected chi connectivity index (χ4v) is 3.64. The van der Waals surface area contributed by atoms with Gasteiger partial charge in [-0.1, -0.05) is 35.7 Å². The van der Waals surface area contributed by atoms with E-state index in [-0.39, 0.29) is 35.8 Å². The second kappa shape index (κ2) is 7.70. The largest absolute Gasteiger partial charge is 0.451 e. The van der Waals surface area contributed by atoms with Crippen LogP contribution in [0.15, 0.2) is 5.16 Å². The minimum Gasteiger partial charge on any atom is -0.354 e. The van der Waals surface area contributed by atoms with Gasteiger partial charge in [-0.25, -0.2) is 0 Å². The number of hydrogen-bond donors (Lipinski definition) is 1. The Balaban J connectivity index is 1.77. The summed E-state index contributed by atoms with van der Waals surface area (Å²) < 4.78 is 39.0. The molecule has 2 amide bonds. The van der Waals surface area contributed by atoms with Gasteiger partial charge in [-0.3, -0.25) is 14.5 Å². The molecule has 7 nitrogen and oxygen atoms in total. The summed E-state index contributed by atoms with van der Waals surface area (Å²) in [6.07, 6.45) is -4.60. The van der Waals surface area contributed by atoms with Crippen LogP contribution in [-0.4, -0.2) is 60.4 Å². The van der Waals surface area contributed by atoms with Crippen LogP contribution < -0.4 is 5.32 Å².